The van der Waals surface area contributed by atoms with Crippen molar-refractivity contribution in [1.29, 1.82) is 0 Å². The maximum absolute atomic E-state index is 10.8. The van der Waals surface area contributed by atoms with Crippen LogP contribution in [-0.4, -0.2) is 17.2 Å². The zero-order valence-electron chi connectivity index (χ0n) is 12.2. The fourth-order valence-corrected chi connectivity index (χ4v) is 4.70. The van der Waals surface area contributed by atoms with E-state index in [1.807, 2.05) is 0 Å². The summed E-state index contributed by atoms with van der Waals surface area (Å²) in [5, 5.41) is 14.4. The van der Waals surface area contributed by atoms with Gasteiger partial charge in [-0.25, -0.2) is 0 Å². The van der Waals surface area contributed by atoms with E-state index >= 15 is 0 Å². The van der Waals surface area contributed by atoms with Crippen molar-refractivity contribution in [1.82, 2.24) is 5.32 Å². The van der Waals surface area contributed by atoms with Crippen molar-refractivity contribution in [2.75, 3.05) is 6.54 Å². The quantitative estimate of drug-likeness (QED) is 0.783. The number of aliphatic hydroxyl groups is 1. The summed E-state index contributed by atoms with van der Waals surface area (Å²) < 4.78 is 1.09. The standard InChI is InChI=1S/C17H22BrNO/c1-11-8-12(2)15(14(18)9-11)13-10-19-17(16(13)20)6-4-3-5-7-17/h8-9,19-20H,3-7,10H2,1-2H3. The van der Waals surface area contributed by atoms with E-state index in [4.69, 9.17) is 0 Å². The first-order valence-electron chi connectivity index (χ1n) is 7.48. The predicted molar refractivity (Wildman–Crippen MR) is 87.0 cm³/mol. The SMILES string of the molecule is Cc1cc(C)c(C2=C(O)C3(CCCCC3)NC2)c(Br)c1. The Labute approximate surface area is 129 Å². The molecule has 2 N–H and O–H groups in total. The molecule has 3 heteroatoms. The van der Waals surface area contributed by atoms with Gasteiger partial charge in [0.05, 0.1) is 5.54 Å². The number of nitrogens with one attached hydrogen (secondary N) is 1. The molecule has 1 saturated carbocycles. The number of rotatable bonds is 1. The summed E-state index contributed by atoms with van der Waals surface area (Å²) in [6, 6.07) is 4.32. The van der Waals surface area contributed by atoms with Crippen molar-refractivity contribution in [3.63, 3.8) is 0 Å². The van der Waals surface area contributed by atoms with E-state index in [9.17, 15) is 5.11 Å². The highest BCUT2D eigenvalue weighted by Crippen LogP contribution is 2.42. The van der Waals surface area contributed by atoms with Gasteiger partial charge < -0.3 is 10.4 Å². The Morgan fingerprint density at radius 1 is 1.15 bits per heavy atom. The van der Waals surface area contributed by atoms with Crippen LogP contribution in [0.2, 0.25) is 0 Å². The van der Waals surface area contributed by atoms with Gasteiger partial charge in [0.1, 0.15) is 5.76 Å². The molecule has 1 aliphatic heterocycles. The number of hydrogen-bond acceptors (Lipinski definition) is 2. The lowest BCUT2D eigenvalue weighted by atomic mass is 9.80. The molecule has 2 aliphatic rings. The van der Waals surface area contributed by atoms with Gasteiger partial charge in [-0.3, -0.25) is 0 Å². The molecule has 1 heterocycles. The monoisotopic (exact) mass is 335 g/mol. The van der Waals surface area contributed by atoms with Crippen molar-refractivity contribution < 1.29 is 5.11 Å². The zero-order chi connectivity index (χ0) is 14.3. The molecule has 0 unspecified atom stereocenters. The molecular formula is C17H22BrNO. The van der Waals surface area contributed by atoms with E-state index in [0.29, 0.717) is 5.76 Å². The van der Waals surface area contributed by atoms with E-state index in [0.717, 1.165) is 29.4 Å². The molecule has 0 aromatic heterocycles. The van der Waals surface area contributed by atoms with Gasteiger partial charge in [-0.1, -0.05) is 41.3 Å². The topological polar surface area (TPSA) is 32.3 Å². The van der Waals surface area contributed by atoms with Gasteiger partial charge in [-0.15, -0.1) is 0 Å². The van der Waals surface area contributed by atoms with Crippen LogP contribution < -0.4 is 5.32 Å². The third-order valence-corrected chi connectivity index (χ3v) is 5.41. The normalized spacial score (nSPS) is 21.8. The highest BCUT2D eigenvalue weighted by atomic mass is 79.9. The van der Waals surface area contributed by atoms with Crippen LogP contribution in [0.4, 0.5) is 0 Å². The van der Waals surface area contributed by atoms with Gasteiger partial charge in [0.25, 0.3) is 0 Å². The highest BCUT2D eigenvalue weighted by molar-refractivity contribution is 9.10. The first-order chi connectivity index (χ1) is 9.53. The van der Waals surface area contributed by atoms with Crippen LogP contribution >= 0.6 is 15.9 Å². The lowest BCUT2D eigenvalue weighted by molar-refractivity contribution is 0.215. The Balaban J connectivity index is 2.07. The molecule has 1 aromatic rings. The second-order valence-corrected chi connectivity index (χ2v) is 7.12. The smallest absolute Gasteiger partial charge is 0.117 e. The molecule has 0 amide bonds. The number of hydrogen-bond donors (Lipinski definition) is 2. The zero-order valence-corrected chi connectivity index (χ0v) is 13.8. The Morgan fingerprint density at radius 2 is 1.85 bits per heavy atom. The summed E-state index contributed by atoms with van der Waals surface area (Å²) in [6.45, 7) is 5.00. The molecule has 1 fully saturated rings. The van der Waals surface area contributed by atoms with E-state index in [1.54, 1.807) is 0 Å². The summed E-state index contributed by atoms with van der Waals surface area (Å²) >= 11 is 3.67. The molecule has 1 spiro atoms. The molecule has 0 radical (unpaired) electrons. The minimum atomic E-state index is -0.148. The minimum Gasteiger partial charge on any atom is -0.510 e. The second kappa shape index (κ2) is 5.19. The fourth-order valence-electron chi connectivity index (χ4n) is 3.79. The van der Waals surface area contributed by atoms with Crippen molar-refractivity contribution in [2.45, 2.75) is 51.5 Å². The summed E-state index contributed by atoms with van der Waals surface area (Å²) in [7, 11) is 0. The maximum atomic E-state index is 10.8. The van der Waals surface area contributed by atoms with Crippen LogP contribution in [-0.2, 0) is 0 Å². The van der Waals surface area contributed by atoms with Crippen molar-refractivity contribution in [3.05, 3.63) is 39.1 Å². The number of halogens is 1. The molecular weight excluding hydrogens is 314 g/mol. The molecule has 3 rings (SSSR count). The number of benzene rings is 1. The Hall–Kier alpha value is -0.800. The van der Waals surface area contributed by atoms with Crippen molar-refractivity contribution in [2.24, 2.45) is 0 Å². The molecule has 20 heavy (non-hydrogen) atoms. The molecule has 0 saturated heterocycles. The van der Waals surface area contributed by atoms with Crippen LogP contribution in [0.25, 0.3) is 5.57 Å². The van der Waals surface area contributed by atoms with E-state index in [-0.39, 0.29) is 5.54 Å². The van der Waals surface area contributed by atoms with E-state index < -0.39 is 0 Å². The van der Waals surface area contributed by atoms with Crippen LogP contribution in [0.1, 0.15) is 48.8 Å². The Bertz CT molecular complexity index is 547. The van der Waals surface area contributed by atoms with Gasteiger partial charge in [-0.2, -0.15) is 0 Å². The maximum Gasteiger partial charge on any atom is 0.117 e. The summed E-state index contributed by atoms with van der Waals surface area (Å²) in [5.41, 5.74) is 4.58. The predicted octanol–water partition coefficient (Wildman–Crippen LogP) is 4.64. The summed E-state index contributed by atoms with van der Waals surface area (Å²) in [5.74, 6) is 0.588. The Kier molecular flexibility index (Phi) is 3.67. The Morgan fingerprint density at radius 3 is 2.50 bits per heavy atom. The van der Waals surface area contributed by atoms with Crippen molar-refractivity contribution in [3.8, 4) is 0 Å². The third kappa shape index (κ3) is 2.21. The largest absolute Gasteiger partial charge is 0.510 e. The second-order valence-electron chi connectivity index (χ2n) is 6.26. The number of aliphatic hydroxyl groups excluding tert-OH is 1. The van der Waals surface area contributed by atoms with Gasteiger partial charge in [0.2, 0.25) is 0 Å². The van der Waals surface area contributed by atoms with Crippen molar-refractivity contribution >= 4 is 21.5 Å². The van der Waals surface area contributed by atoms with Crippen LogP contribution in [0.15, 0.2) is 22.4 Å². The van der Waals surface area contributed by atoms with Crippen LogP contribution in [0.5, 0.6) is 0 Å². The lowest BCUT2D eigenvalue weighted by Gasteiger charge is -2.33. The average Bonchev–Trinajstić information content (AvgIpc) is 2.68. The van der Waals surface area contributed by atoms with Gasteiger partial charge >= 0.3 is 0 Å². The number of aryl methyl sites for hydroxylation is 2. The van der Waals surface area contributed by atoms with Gasteiger partial charge in [-0.05, 0) is 49.4 Å². The molecule has 0 atom stereocenters. The van der Waals surface area contributed by atoms with E-state index in [2.05, 4.69) is 47.2 Å². The first-order valence-corrected chi connectivity index (χ1v) is 8.27. The molecule has 2 nitrogen and oxygen atoms in total. The van der Waals surface area contributed by atoms with Crippen LogP contribution in [0, 0.1) is 13.8 Å². The summed E-state index contributed by atoms with van der Waals surface area (Å²) in [6.07, 6.45) is 5.83. The fraction of sp³-hybridized carbons (Fsp3) is 0.529. The average molecular weight is 336 g/mol. The first kappa shape index (κ1) is 14.2. The van der Waals surface area contributed by atoms with Crippen LogP contribution in [0.3, 0.4) is 0 Å². The summed E-state index contributed by atoms with van der Waals surface area (Å²) in [4.78, 5) is 0. The molecule has 1 aliphatic carbocycles. The lowest BCUT2D eigenvalue weighted by Crippen LogP contribution is -2.44. The molecule has 108 valence electrons. The minimum absolute atomic E-state index is 0.148. The van der Waals surface area contributed by atoms with Gasteiger partial charge in [0, 0.05) is 16.6 Å². The molecule has 0 bridgehead atoms. The third-order valence-electron chi connectivity index (χ3n) is 4.78. The highest BCUT2D eigenvalue weighted by Gasteiger charge is 2.42. The van der Waals surface area contributed by atoms with Gasteiger partial charge in [0.15, 0.2) is 0 Å². The van der Waals surface area contributed by atoms with E-state index in [1.165, 1.54) is 36.0 Å². The molecule has 1 aromatic carbocycles.